The minimum Gasteiger partial charge on any atom is -0.472 e. The first kappa shape index (κ1) is 20.9. The van der Waals surface area contributed by atoms with Crippen LogP contribution in [0.25, 0.3) is 0 Å². The van der Waals surface area contributed by atoms with Gasteiger partial charge in [-0.1, -0.05) is 6.92 Å². The van der Waals surface area contributed by atoms with Gasteiger partial charge in [0.15, 0.2) is 0 Å². The average Bonchev–Trinajstić information content (AvgIpc) is 2.60. The van der Waals surface area contributed by atoms with E-state index in [2.05, 4.69) is 9.98 Å². The number of rotatable bonds is 10. The summed E-state index contributed by atoms with van der Waals surface area (Å²) in [6, 6.07) is 1.64. The summed E-state index contributed by atoms with van der Waals surface area (Å²) in [6.07, 6.45) is 2.41. The van der Waals surface area contributed by atoms with E-state index in [1.807, 2.05) is 39.6 Å². The van der Waals surface area contributed by atoms with Crippen LogP contribution in [0.2, 0.25) is 0 Å². The monoisotopic (exact) mass is 351 g/mol. The van der Waals surface area contributed by atoms with Crippen molar-refractivity contribution in [3.05, 3.63) is 17.3 Å². The van der Waals surface area contributed by atoms with E-state index in [-0.39, 0.29) is 17.5 Å². The van der Waals surface area contributed by atoms with Gasteiger partial charge in [0.25, 0.3) is 0 Å². The fourth-order valence-electron chi connectivity index (χ4n) is 1.91. The van der Waals surface area contributed by atoms with Gasteiger partial charge in [0.1, 0.15) is 11.7 Å². The molecule has 25 heavy (non-hydrogen) atoms. The zero-order chi connectivity index (χ0) is 18.8. The Morgan fingerprint density at radius 1 is 1.44 bits per heavy atom. The highest BCUT2D eigenvalue weighted by molar-refractivity contribution is 5.93. The Kier molecular flexibility index (Phi) is 8.91. The van der Waals surface area contributed by atoms with Crippen LogP contribution in [0.3, 0.4) is 0 Å². The molecule has 0 saturated carbocycles. The zero-order valence-electron chi connectivity index (χ0n) is 16.0. The molecule has 1 aromatic rings. The topological polar surface area (TPSA) is 73.3 Å². The number of aromatic nitrogens is 1. The average molecular weight is 351 g/mol. The maximum atomic E-state index is 12.1. The van der Waals surface area contributed by atoms with Crippen molar-refractivity contribution in [1.82, 2.24) is 9.88 Å². The number of aliphatic imine (C=N–C) groups is 1. The molecular weight excluding hydrogens is 322 g/mol. The molecule has 0 aliphatic carbocycles. The highest BCUT2D eigenvalue weighted by atomic mass is 16.5. The molecule has 0 saturated heterocycles. The number of carbonyl (C=O) groups is 1. The van der Waals surface area contributed by atoms with Crippen LogP contribution in [-0.2, 0) is 9.47 Å². The molecule has 140 valence electrons. The molecule has 0 bridgehead atoms. The van der Waals surface area contributed by atoms with Crippen molar-refractivity contribution in [2.75, 3.05) is 33.9 Å². The third-order valence-corrected chi connectivity index (χ3v) is 3.46. The predicted octanol–water partition coefficient (Wildman–Crippen LogP) is 2.98. The molecule has 0 amide bonds. The molecule has 7 heteroatoms. The summed E-state index contributed by atoms with van der Waals surface area (Å²) < 4.78 is 16.1. The first-order valence-corrected chi connectivity index (χ1v) is 8.51. The molecule has 0 fully saturated rings. The Balaban J connectivity index is 3.05. The van der Waals surface area contributed by atoms with Crippen molar-refractivity contribution in [2.45, 2.75) is 40.2 Å². The first-order chi connectivity index (χ1) is 11.9. The molecule has 0 spiro atoms. The summed E-state index contributed by atoms with van der Waals surface area (Å²) in [5.74, 6) is -0.274. The molecule has 0 aromatic carbocycles. The van der Waals surface area contributed by atoms with Crippen LogP contribution in [-0.4, -0.2) is 62.2 Å². The Hall–Kier alpha value is -2.15. The number of esters is 1. The smallest absolute Gasteiger partial charge is 0.343 e. The van der Waals surface area contributed by atoms with Gasteiger partial charge in [-0.25, -0.2) is 14.8 Å². The third-order valence-electron chi connectivity index (χ3n) is 3.46. The largest absolute Gasteiger partial charge is 0.472 e. The molecule has 0 aliphatic heterocycles. The molecule has 1 atom stereocenters. The minimum atomic E-state index is -0.510. The van der Waals surface area contributed by atoms with Gasteiger partial charge in [0.05, 0.1) is 31.4 Å². The second kappa shape index (κ2) is 10.7. The lowest BCUT2D eigenvalue weighted by Gasteiger charge is -2.17. The molecule has 1 rings (SSSR count). The third kappa shape index (κ3) is 6.70. The van der Waals surface area contributed by atoms with Crippen molar-refractivity contribution in [2.24, 2.45) is 4.99 Å². The quantitative estimate of drug-likeness (QED) is 0.279. The van der Waals surface area contributed by atoms with Crippen molar-refractivity contribution in [1.29, 1.82) is 0 Å². The maximum absolute atomic E-state index is 12.1. The van der Waals surface area contributed by atoms with E-state index < -0.39 is 5.97 Å². The van der Waals surface area contributed by atoms with Crippen LogP contribution in [0, 0.1) is 6.92 Å². The number of methoxy groups -OCH3 is 1. The summed E-state index contributed by atoms with van der Waals surface area (Å²) in [5, 5.41) is 0. The summed E-state index contributed by atoms with van der Waals surface area (Å²) in [4.78, 5) is 22.8. The maximum Gasteiger partial charge on any atom is 0.343 e. The second-order valence-corrected chi connectivity index (χ2v) is 5.76. The molecule has 7 nitrogen and oxygen atoms in total. The highest BCUT2D eigenvalue weighted by Crippen LogP contribution is 2.26. The normalized spacial score (nSPS) is 12.2. The van der Waals surface area contributed by atoms with Crippen LogP contribution in [0.1, 0.15) is 43.2 Å². The summed E-state index contributed by atoms with van der Waals surface area (Å²) in [6.45, 7) is 9.69. The van der Waals surface area contributed by atoms with Gasteiger partial charge in [-0.3, -0.25) is 0 Å². The molecule has 0 N–H and O–H groups in total. The van der Waals surface area contributed by atoms with Crippen LogP contribution >= 0.6 is 0 Å². The van der Waals surface area contributed by atoms with E-state index in [1.165, 1.54) is 7.11 Å². The van der Waals surface area contributed by atoms with Crippen molar-refractivity contribution in [3.8, 4) is 5.88 Å². The van der Waals surface area contributed by atoms with Gasteiger partial charge in [0.2, 0.25) is 5.88 Å². The number of hydrogen-bond acceptors (Lipinski definition) is 6. The molecule has 0 aliphatic rings. The van der Waals surface area contributed by atoms with Gasteiger partial charge < -0.3 is 19.1 Å². The number of pyridine rings is 1. The molecular formula is C18H29N3O4. The number of aryl methyl sites for hydroxylation is 1. The van der Waals surface area contributed by atoms with E-state index in [1.54, 1.807) is 12.4 Å². The van der Waals surface area contributed by atoms with Gasteiger partial charge in [-0.2, -0.15) is 0 Å². The van der Waals surface area contributed by atoms with Crippen molar-refractivity contribution in [3.63, 3.8) is 0 Å². The predicted molar refractivity (Wildman–Crippen MR) is 98.0 cm³/mol. The summed E-state index contributed by atoms with van der Waals surface area (Å²) in [5.41, 5.74) is 1.52. The molecule has 1 aromatic heterocycles. The van der Waals surface area contributed by atoms with E-state index in [0.717, 1.165) is 13.0 Å². The number of carbonyl (C=O) groups excluding carboxylic acids is 1. The Bertz CT molecular complexity index is 590. The fourth-order valence-corrected chi connectivity index (χ4v) is 1.91. The summed E-state index contributed by atoms with van der Waals surface area (Å²) >= 11 is 0. The Morgan fingerprint density at radius 2 is 2.16 bits per heavy atom. The first-order valence-electron chi connectivity index (χ1n) is 8.51. The van der Waals surface area contributed by atoms with Crippen LogP contribution in [0.5, 0.6) is 5.88 Å². The minimum absolute atomic E-state index is 0.234. The lowest BCUT2D eigenvalue weighted by molar-refractivity contribution is 0.0511. The van der Waals surface area contributed by atoms with Gasteiger partial charge in [-0.15, -0.1) is 0 Å². The Labute approximate surface area is 150 Å². The number of nitrogens with zero attached hydrogens (tertiary/aromatic N) is 3. The highest BCUT2D eigenvalue weighted by Gasteiger charge is 2.19. The van der Waals surface area contributed by atoms with Gasteiger partial charge >= 0.3 is 5.97 Å². The standard InChI is InChI=1S/C18H29N3O4/c1-7-9-24-11-13(3)25-17-15(18(22)23-6)10-16(14(4)20-17)19-12-21(5)8-2/h10,12-13H,7-9,11H2,1-6H3. The van der Waals surface area contributed by atoms with Crippen LogP contribution in [0.4, 0.5) is 5.69 Å². The van der Waals surface area contributed by atoms with Crippen LogP contribution < -0.4 is 4.74 Å². The fraction of sp³-hybridized carbons (Fsp3) is 0.611. The molecule has 0 radical (unpaired) electrons. The lowest BCUT2D eigenvalue weighted by atomic mass is 10.2. The molecule has 1 unspecified atom stereocenters. The van der Waals surface area contributed by atoms with Crippen molar-refractivity contribution >= 4 is 18.0 Å². The molecule has 1 heterocycles. The van der Waals surface area contributed by atoms with Gasteiger partial charge in [0, 0.05) is 20.2 Å². The number of ether oxygens (including phenoxy) is 3. The lowest BCUT2D eigenvalue weighted by Crippen LogP contribution is -2.22. The van der Waals surface area contributed by atoms with E-state index in [0.29, 0.717) is 24.6 Å². The number of hydrogen-bond donors (Lipinski definition) is 0. The van der Waals surface area contributed by atoms with Crippen molar-refractivity contribution < 1.29 is 19.0 Å². The van der Waals surface area contributed by atoms with E-state index >= 15 is 0 Å². The second-order valence-electron chi connectivity index (χ2n) is 5.76. The van der Waals surface area contributed by atoms with Crippen LogP contribution in [0.15, 0.2) is 11.1 Å². The van der Waals surface area contributed by atoms with Gasteiger partial charge in [-0.05, 0) is 33.3 Å². The summed E-state index contributed by atoms with van der Waals surface area (Å²) in [7, 11) is 3.25. The van der Waals surface area contributed by atoms with E-state index in [9.17, 15) is 4.79 Å². The SMILES string of the molecule is CCCOCC(C)Oc1nc(C)c(N=CN(C)CC)cc1C(=O)OC. The zero-order valence-corrected chi connectivity index (χ0v) is 16.0. The van der Waals surface area contributed by atoms with E-state index in [4.69, 9.17) is 14.2 Å². The Morgan fingerprint density at radius 3 is 2.76 bits per heavy atom.